The van der Waals surface area contributed by atoms with E-state index in [1.54, 1.807) is 24.0 Å². The maximum Gasteiger partial charge on any atom is 0.133 e. The summed E-state index contributed by atoms with van der Waals surface area (Å²) in [6.45, 7) is 1.75. The van der Waals surface area contributed by atoms with Crippen molar-refractivity contribution in [1.82, 2.24) is 20.0 Å². The lowest BCUT2D eigenvalue weighted by Gasteiger charge is -2.11. The molecule has 0 radical (unpaired) electrons. The molecule has 4 aromatic rings. The minimum Gasteiger partial charge on any atom is -0.411 e. The molecule has 0 aliphatic carbocycles. The van der Waals surface area contributed by atoms with Crippen LogP contribution in [0.5, 0.6) is 0 Å². The molecule has 7 nitrogen and oxygen atoms in total. The monoisotopic (exact) mass is 344 g/mol. The molecule has 0 unspecified atom stereocenters. The summed E-state index contributed by atoms with van der Waals surface area (Å²) in [5.74, 6) is 0.703. The number of pyridine rings is 1. The van der Waals surface area contributed by atoms with Crippen molar-refractivity contribution >= 4 is 28.1 Å². The highest BCUT2D eigenvalue weighted by Gasteiger charge is 2.08. The Morgan fingerprint density at radius 3 is 2.65 bits per heavy atom. The average Bonchev–Trinajstić information content (AvgIpc) is 3.22. The highest BCUT2D eigenvalue weighted by atomic mass is 16.4. The van der Waals surface area contributed by atoms with Crippen molar-refractivity contribution in [1.29, 1.82) is 0 Å². The molecule has 0 atom stereocenters. The van der Waals surface area contributed by atoms with Gasteiger partial charge in [0.1, 0.15) is 5.82 Å². The maximum absolute atomic E-state index is 8.86. The summed E-state index contributed by atoms with van der Waals surface area (Å²) in [6.07, 6.45) is 3.45. The Kier molecular flexibility index (Phi) is 4.03. The minimum absolute atomic E-state index is 0.564. The number of fused-ring (bicyclic) bond motifs is 1. The minimum atomic E-state index is 0.564. The van der Waals surface area contributed by atoms with Crippen LogP contribution in [-0.4, -0.2) is 30.9 Å². The van der Waals surface area contributed by atoms with E-state index in [4.69, 9.17) is 5.21 Å². The van der Waals surface area contributed by atoms with Crippen LogP contribution in [0.2, 0.25) is 0 Å². The number of anilines is 2. The Morgan fingerprint density at radius 1 is 1.12 bits per heavy atom. The van der Waals surface area contributed by atoms with E-state index in [-0.39, 0.29) is 0 Å². The van der Waals surface area contributed by atoms with Crippen LogP contribution in [0.15, 0.2) is 72.1 Å². The summed E-state index contributed by atoms with van der Waals surface area (Å²) < 4.78 is 1.72. The van der Waals surface area contributed by atoms with E-state index in [1.807, 2.05) is 54.6 Å². The first-order valence-electron chi connectivity index (χ1n) is 8.07. The van der Waals surface area contributed by atoms with Crippen molar-refractivity contribution in [3.05, 3.63) is 72.6 Å². The first-order chi connectivity index (χ1) is 12.7. The zero-order valence-electron chi connectivity index (χ0n) is 14.0. The van der Waals surface area contributed by atoms with Crippen molar-refractivity contribution in [3.8, 4) is 5.69 Å². The summed E-state index contributed by atoms with van der Waals surface area (Å²) in [7, 11) is 0. The molecule has 128 valence electrons. The molecule has 2 heterocycles. The van der Waals surface area contributed by atoms with Crippen LogP contribution >= 0.6 is 0 Å². The number of hydrogen-bond donors (Lipinski definition) is 2. The Bertz CT molecular complexity index is 1070. The predicted octanol–water partition coefficient (Wildman–Crippen LogP) is 3.76. The molecule has 2 aromatic carbocycles. The molecule has 0 amide bonds. The van der Waals surface area contributed by atoms with E-state index in [9.17, 15) is 0 Å². The molecular weight excluding hydrogens is 328 g/mol. The van der Waals surface area contributed by atoms with Gasteiger partial charge in [-0.25, -0.2) is 9.67 Å². The van der Waals surface area contributed by atoms with E-state index in [1.165, 1.54) is 0 Å². The van der Waals surface area contributed by atoms with Crippen LogP contribution < -0.4 is 5.32 Å². The van der Waals surface area contributed by atoms with Gasteiger partial charge in [0.15, 0.2) is 0 Å². The number of rotatable bonds is 4. The molecule has 0 aliphatic heterocycles. The Labute approximate surface area is 149 Å². The lowest BCUT2D eigenvalue weighted by Crippen LogP contribution is -2.01. The number of benzene rings is 2. The van der Waals surface area contributed by atoms with E-state index in [0.717, 1.165) is 27.8 Å². The van der Waals surface area contributed by atoms with Gasteiger partial charge in [0.05, 0.1) is 29.3 Å². The van der Waals surface area contributed by atoms with Crippen molar-refractivity contribution in [3.63, 3.8) is 0 Å². The van der Waals surface area contributed by atoms with Gasteiger partial charge >= 0.3 is 0 Å². The van der Waals surface area contributed by atoms with E-state index < -0.39 is 0 Å². The largest absolute Gasteiger partial charge is 0.411 e. The molecule has 26 heavy (non-hydrogen) atoms. The van der Waals surface area contributed by atoms with Crippen molar-refractivity contribution in [2.45, 2.75) is 6.92 Å². The first kappa shape index (κ1) is 15.8. The molecule has 0 fully saturated rings. The Balaban J connectivity index is 1.73. The van der Waals surface area contributed by atoms with E-state index in [2.05, 4.69) is 25.8 Å². The van der Waals surface area contributed by atoms with Gasteiger partial charge in [-0.15, -0.1) is 5.10 Å². The van der Waals surface area contributed by atoms with Gasteiger partial charge in [-0.2, -0.15) is 0 Å². The SMILES string of the molecule is C/C(=N/O)c1ccc(Nc2cc(-n3ccnn3)c3ccccc3n2)cc1. The fourth-order valence-corrected chi connectivity index (χ4v) is 2.75. The summed E-state index contributed by atoms with van der Waals surface area (Å²) >= 11 is 0. The molecule has 0 saturated carbocycles. The number of oxime groups is 1. The highest BCUT2D eigenvalue weighted by Crippen LogP contribution is 2.25. The summed E-state index contributed by atoms with van der Waals surface area (Å²) in [5.41, 5.74) is 4.06. The topological polar surface area (TPSA) is 88.2 Å². The molecule has 2 aromatic heterocycles. The number of nitrogens with one attached hydrogen (secondary N) is 1. The van der Waals surface area contributed by atoms with Gasteiger partial charge < -0.3 is 10.5 Å². The summed E-state index contributed by atoms with van der Waals surface area (Å²) in [5, 5.41) is 24.4. The molecular formula is C19H16N6O. The molecule has 7 heteroatoms. The highest BCUT2D eigenvalue weighted by molar-refractivity contribution is 5.98. The lowest BCUT2D eigenvalue weighted by molar-refractivity contribution is 0.319. The molecule has 0 aliphatic rings. The third-order valence-electron chi connectivity index (χ3n) is 4.09. The van der Waals surface area contributed by atoms with Crippen molar-refractivity contribution in [2.24, 2.45) is 5.16 Å². The molecule has 0 spiro atoms. The number of nitrogens with zero attached hydrogens (tertiary/aromatic N) is 5. The molecule has 4 rings (SSSR count). The zero-order chi connectivity index (χ0) is 17.9. The number of hydrogen-bond acceptors (Lipinski definition) is 6. The Hall–Kier alpha value is -3.74. The van der Waals surface area contributed by atoms with Gasteiger partial charge in [0.25, 0.3) is 0 Å². The zero-order valence-corrected chi connectivity index (χ0v) is 14.0. The van der Waals surface area contributed by atoms with Gasteiger partial charge in [-0.05, 0) is 30.7 Å². The van der Waals surface area contributed by atoms with Crippen LogP contribution in [0.1, 0.15) is 12.5 Å². The molecule has 0 bridgehead atoms. The lowest BCUT2D eigenvalue weighted by atomic mass is 10.1. The second-order valence-electron chi connectivity index (χ2n) is 5.78. The number of aromatic nitrogens is 4. The quantitative estimate of drug-likeness (QED) is 0.334. The fourth-order valence-electron chi connectivity index (χ4n) is 2.75. The van der Waals surface area contributed by atoms with Crippen LogP contribution in [0.25, 0.3) is 16.6 Å². The summed E-state index contributed by atoms with van der Waals surface area (Å²) in [4.78, 5) is 4.68. The van der Waals surface area contributed by atoms with Crippen LogP contribution in [-0.2, 0) is 0 Å². The third-order valence-corrected chi connectivity index (χ3v) is 4.09. The number of para-hydroxylation sites is 1. The van der Waals surface area contributed by atoms with E-state index >= 15 is 0 Å². The molecule has 2 N–H and O–H groups in total. The van der Waals surface area contributed by atoms with Crippen LogP contribution in [0, 0.1) is 0 Å². The summed E-state index contributed by atoms with van der Waals surface area (Å²) in [6, 6.07) is 17.4. The third kappa shape index (κ3) is 2.98. The van der Waals surface area contributed by atoms with Gasteiger partial charge in [0.2, 0.25) is 0 Å². The van der Waals surface area contributed by atoms with Crippen LogP contribution in [0.4, 0.5) is 11.5 Å². The van der Waals surface area contributed by atoms with Crippen molar-refractivity contribution < 1.29 is 5.21 Å². The Morgan fingerprint density at radius 2 is 1.92 bits per heavy atom. The average molecular weight is 344 g/mol. The van der Waals surface area contributed by atoms with Gasteiger partial charge in [-0.1, -0.05) is 40.7 Å². The van der Waals surface area contributed by atoms with Gasteiger partial charge in [-0.3, -0.25) is 0 Å². The second kappa shape index (κ2) is 6.64. The van der Waals surface area contributed by atoms with Gasteiger partial charge in [0, 0.05) is 17.1 Å². The fraction of sp³-hybridized carbons (Fsp3) is 0.0526. The van der Waals surface area contributed by atoms with Crippen LogP contribution in [0.3, 0.4) is 0 Å². The molecule has 0 saturated heterocycles. The predicted molar refractivity (Wildman–Crippen MR) is 100 cm³/mol. The first-order valence-corrected chi connectivity index (χ1v) is 8.07. The van der Waals surface area contributed by atoms with Crippen molar-refractivity contribution in [2.75, 3.05) is 5.32 Å². The standard InChI is InChI=1S/C19H16N6O/c1-13(23-26)14-6-8-15(9-7-14)21-19-12-18(25-11-10-20-24-25)16-4-2-3-5-17(16)22-19/h2-12,26H,1H3,(H,21,22)/b23-13-. The normalized spacial score (nSPS) is 11.7. The smallest absolute Gasteiger partial charge is 0.133 e. The maximum atomic E-state index is 8.86. The second-order valence-corrected chi connectivity index (χ2v) is 5.78. The van der Waals surface area contributed by atoms with E-state index in [0.29, 0.717) is 11.5 Å².